The van der Waals surface area contributed by atoms with Gasteiger partial charge in [-0.1, -0.05) is 19.1 Å². The topological polar surface area (TPSA) is 61.8 Å². The molecule has 0 bridgehead atoms. The van der Waals surface area contributed by atoms with Gasteiger partial charge in [0, 0.05) is 25.1 Å². The molecular formula is C19H30N2O3. The number of aliphatic hydroxyl groups excluding tert-OH is 1. The monoisotopic (exact) mass is 334 g/mol. The van der Waals surface area contributed by atoms with Gasteiger partial charge in [-0.05, 0) is 49.9 Å². The molecule has 2 rings (SSSR count). The second-order valence-electron chi connectivity index (χ2n) is 6.77. The third-order valence-electron chi connectivity index (χ3n) is 5.09. The van der Waals surface area contributed by atoms with Gasteiger partial charge in [0.05, 0.1) is 13.7 Å². The molecule has 2 N–H and O–H groups in total. The van der Waals surface area contributed by atoms with Gasteiger partial charge >= 0.3 is 0 Å². The van der Waals surface area contributed by atoms with Crippen molar-refractivity contribution in [2.45, 2.75) is 32.6 Å². The van der Waals surface area contributed by atoms with E-state index in [0.29, 0.717) is 13.1 Å². The molecular weight excluding hydrogens is 304 g/mol. The molecule has 0 spiro atoms. The van der Waals surface area contributed by atoms with E-state index >= 15 is 0 Å². The fourth-order valence-electron chi connectivity index (χ4n) is 3.37. The van der Waals surface area contributed by atoms with E-state index in [2.05, 4.69) is 17.1 Å². The highest BCUT2D eigenvalue weighted by atomic mass is 16.5. The van der Waals surface area contributed by atoms with E-state index in [0.717, 1.165) is 44.5 Å². The number of carbonyl (C=O) groups excluding carboxylic acids is 1. The highest BCUT2D eigenvalue weighted by Crippen LogP contribution is 2.32. The molecule has 1 amide bonds. The van der Waals surface area contributed by atoms with E-state index in [4.69, 9.17) is 4.74 Å². The molecule has 0 aromatic heterocycles. The predicted molar refractivity (Wildman–Crippen MR) is 95.2 cm³/mol. The van der Waals surface area contributed by atoms with Crippen LogP contribution in [0.25, 0.3) is 0 Å². The van der Waals surface area contributed by atoms with Crippen LogP contribution in [0.4, 0.5) is 0 Å². The van der Waals surface area contributed by atoms with E-state index < -0.39 is 0 Å². The average Bonchev–Trinajstić information content (AvgIpc) is 2.62. The summed E-state index contributed by atoms with van der Waals surface area (Å²) >= 11 is 0. The second kappa shape index (κ2) is 9.04. The van der Waals surface area contributed by atoms with Crippen molar-refractivity contribution < 1.29 is 14.6 Å². The molecule has 134 valence electrons. The Bertz CT molecular complexity index is 512. The highest BCUT2D eigenvalue weighted by Gasteiger charge is 2.33. The van der Waals surface area contributed by atoms with Crippen LogP contribution in [-0.2, 0) is 11.2 Å². The van der Waals surface area contributed by atoms with E-state index in [-0.39, 0.29) is 17.9 Å². The number of hydrogen-bond acceptors (Lipinski definition) is 4. The van der Waals surface area contributed by atoms with Crippen LogP contribution in [0, 0.1) is 5.41 Å². The van der Waals surface area contributed by atoms with Crippen LogP contribution >= 0.6 is 0 Å². The number of carbonyl (C=O) groups is 1. The van der Waals surface area contributed by atoms with E-state index in [1.807, 2.05) is 24.3 Å². The minimum Gasteiger partial charge on any atom is -0.497 e. The zero-order chi connectivity index (χ0) is 17.4. The molecule has 0 saturated carbocycles. The maximum atomic E-state index is 12.2. The van der Waals surface area contributed by atoms with Gasteiger partial charge in [-0.2, -0.15) is 0 Å². The van der Waals surface area contributed by atoms with E-state index in [9.17, 15) is 9.90 Å². The molecule has 1 saturated heterocycles. The lowest BCUT2D eigenvalue weighted by Crippen LogP contribution is -2.48. The Labute approximate surface area is 145 Å². The second-order valence-corrected chi connectivity index (χ2v) is 6.77. The molecule has 1 aliphatic heterocycles. The molecule has 1 fully saturated rings. The SMILES string of the molecule is CCC1(CO)CCCN(CC(=O)NCCc2ccc(OC)cc2)C1. The van der Waals surface area contributed by atoms with Crippen molar-refractivity contribution in [3.05, 3.63) is 29.8 Å². The standard InChI is InChI=1S/C19H30N2O3/c1-3-19(15-22)10-4-12-21(14-19)13-18(23)20-11-9-16-5-7-17(24-2)8-6-16/h5-8,22H,3-4,9-15H2,1-2H3,(H,20,23). The van der Waals surface area contributed by atoms with E-state index in [1.54, 1.807) is 7.11 Å². The van der Waals surface area contributed by atoms with Crippen LogP contribution in [0.1, 0.15) is 31.7 Å². The fraction of sp³-hybridized carbons (Fsp3) is 0.632. The minimum absolute atomic E-state index is 0.0262. The summed E-state index contributed by atoms with van der Waals surface area (Å²) in [5, 5.41) is 12.7. The molecule has 24 heavy (non-hydrogen) atoms. The van der Waals surface area contributed by atoms with Gasteiger partial charge < -0.3 is 15.2 Å². The lowest BCUT2D eigenvalue weighted by molar-refractivity contribution is -0.123. The van der Waals surface area contributed by atoms with Gasteiger partial charge in [-0.15, -0.1) is 0 Å². The number of benzene rings is 1. The Morgan fingerprint density at radius 1 is 1.38 bits per heavy atom. The number of aliphatic hydroxyl groups is 1. The first-order valence-electron chi connectivity index (χ1n) is 8.83. The number of nitrogens with one attached hydrogen (secondary N) is 1. The van der Waals surface area contributed by atoms with Gasteiger partial charge in [0.25, 0.3) is 0 Å². The largest absolute Gasteiger partial charge is 0.497 e. The van der Waals surface area contributed by atoms with Gasteiger partial charge in [-0.25, -0.2) is 0 Å². The quantitative estimate of drug-likeness (QED) is 0.761. The van der Waals surface area contributed by atoms with Crippen molar-refractivity contribution in [2.24, 2.45) is 5.41 Å². The van der Waals surface area contributed by atoms with Crippen molar-refractivity contribution in [2.75, 3.05) is 39.9 Å². The van der Waals surface area contributed by atoms with Gasteiger partial charge in [0.2, 0.25) is 5.91 Å². The molecule has 0 aliphatic carbocycles. The number of likely N-dealkylation sites (tertiary alicyclic amines) is 1. The Balaban J connectivity index is 1.72. The summed E-state index contributed by atoms with van der Waals surface area (Å²) in [6.45, 7) is 5.13. The molecule has 1 aromatic rings. The van der Waals surface area contributed by atoms with Crippen LogP contribution in [0.5, 0.6) is 5.75 Å². The number of methoxy groups -OCH3 is 1. The van der Waals surface area contributed by atoms with Crippen LogP contribution in [-0.4, -0.2) is 55.8 Å². The number of amides is 1. The Hall–Kier alpha value is -1.59. The summed E-state index contributed by atoms with van der Waals surface area (Å²) < 4.78 is 5.14. The Kier molecular flexibility index (Phi) is 7.06. The van der Waals surface area contributed by atoms with Crippen molar-refractivity contribution in [3.8, 4) is 5.75 Å². The Morgan fingerprint density at radius 3 is 2.75 bits per heavy atom. The smallest absolute Gasteiger partial charge is 0.234 e. The van der Waals surface area contributed by atoms with Crippen molar-refractivity contribution >= 4 is 5.91 Å². The van der Waals surface area contributed by atoms with Crippen LogP contribution in [0.2, 0.25) is 0 Å². The number of rotatable bonds is 8. The van der Waals surface area contributed by atoms with Gasteiger partial charge in [-0.3, -0.25) is 9.69 Å². The maximum Gasteiger partial charge on any atom is 0.234 e. The summed E-state index contributed by atoms with van der Waals surface area (Å²) in [7, 11) is 1.65. The molecule has 1 unspecified atom stereocenters. The lowest BCUT2D eigenvalue weighted by Gasteiger charge is -2.41. The summed E-state index contributed by atoms with van der Waals surface area (Å²) in [5.41, 5.74) is 1.15. The average molecular weight is 334 g/mol. The number of ether oxygens (including phenoxy) is 1. The first-order chi connectivity index (χ1) is 11.6. The zero-order valence-electron chi connectivity index (χ0n) is 14.9. The lowest BCUT2D eigenvalue weighted by atomic mass is 9.78. The molecule has 1 aromatic carbocycles. The first-order valence-corrected chi connectivity index (χ1v) is 8.83. The van der Waals surface area contributed by atoms with Crippen LogP contribution in [0.3, 0.4) is 0 Å². The summed E-state index contributed by atoms with van der Waals surface area (Å²) in [5.74, 6) is 0.907. The number of nitrogens with zero attached hydrogens (tertiary/aromatic N) is 1. The number of piperidine rings is 1. The minimum atomic E-state index is -0.0262. The van der Waals surface area contributed by atoms with Gasteiger partial charge in [0.1, 0.15) is 5.75 Å². The van der Waals surface area contributed by atoms with Crippen molar-refractivity contribution in [3.63, 3.8) is 0 Å². The van der Waals surface area contributed by atoms with Gasteiger partial charge in [0.15, 0.2) is 0 Å². The number of hydrogen-bond donors (Lipinski definition) is 2. The normalized spacial score (nSPS) is 21.5. The van der Waals surface area contributed by atoms with E-state index in [1.165, 1.54) is 5.56 Å². The zero-order valence-corrected chi connectivity index (χ0v) is 14.9. The highest BCUT2D eigenvalue weighted by molar-refractivity contribution is 5.78. The van der Waals surface area contributed by atoms with Crippen molar-refractivity contribution in [1.29, 1.82) is 0 Å². The molecule has 5 heteroatoms. The Morgan fingerprint density at radius 2 is 2.12 bits per heavy atom. The molecule has 1 atom stereocenters. The fourth-order valence-corrected chi connectivity index (χ4v) is 3.37. The molecule has 5 nitrogen and oxygen atoms in total. The summed E-state index contributed by atoms with van der Waals surface area (Å²) in [6.07, 6.45) is 3.87. The maximum absolute atomic E-state index is 12.2. The van der Waals surface area contributed by atoms with Crippen LogP contribution < -0.4 is 10.1 Å². The van der Waals surface area contributed by atoms with Crippen LogP contribution in [0.15, 0.2) is 24.3 Å². The summed E-state index contributed by atoms with van der Waals surface area (Å²) in [4.78, 5) is 14.3. The third kappa shape index (κ3) is 5.21. The van der Waals surface area contributed by atoms with Crippen molar-refractivity contribution in [1.82, 2.24) is 10.2 Å². The summed E-state index contributed by atoms with van der Waals surface area (Å²) in [6, 6.07) is 7.91. The molecule has 1 aliphatic rings. The predicted octanol–water partition coefficient (Wildman–Crippen LogP) is 1.84. The molecule has 0 radical (unpaired) electrons. The molecule has 1 heterocycles. The first kappa shape index (κ1) is 18.7. The third-order valence-corrected chi connectivity index (χ3v) is 5.09.